The van der Waals surface area contributed by atoms with Crippen molar-refractivity contribution in [2.75, 3.05) is 29.8 Å². The van der Waals surface area contributed by atoms with E-state index in [2.05, 4.69) is 32.3 Å². The van der Waals surface area contributed by atoms with Gasteiger partial charge in [-0.15, -0.1) is 11.3 Å². The highest BCUT2D eigenvalue weighted by Gasteiger charge is 2.31. The fourth-order valence-electron chi connectivity index (χ4n) is 4.68. The maximum absolute atomic E-state index is 14.2. The van der Waals surface area contributed by atoms with Gasteiger partial charge < -0.3 is 10.1 Å². The molecule has 1 unspecified atom stereocenters. The molecule has 210 valence electrons. The average molecular weight is 586 g/mol. The lowest BCUT2D eigenvalue weighted by molar-refractivity contribution is 0.151. The fraction of sp³-hybridized carbons (Fsp3) is 0.286. The first kappa shape index (κ1) is 27.9. The molecule has 1 aliphatic heterocycles. The highest BCUT2D eigenvalue weighted by molar-refractivity contribution is 7.92. The minimum Gasteiger partial charge on any atom is -0.497 e. The Bertz CT molecular complexity index is 1500. The number of sulfonamides is 1. The van der Waals surface area contributed by atoms with Gasteiger partial charge in [0.1, 0.15) is 5.75 Å². The van der Waals surface area contributed by atoms with Crippen LogP contribution in [0.5, 0.6) is 5.75 Å². The Morgan fingerprint density at radius 1 is 1.12 bits per heavy atom. The van der Waals surface area contributed by atoms with E-state index in [1.165, 1.54) is 28.6 Å². The predicted octanol–water partition coefficient (Wildman–Crippen LogP) is 5.57. The summed E-state index contributed by atoms with van der Waals surface area (Å²) in [6, 6.07) is 17.9. The van der Waals surface area contributed by atoms with Crippen LogP contribution in [-0.2, 0) is 23.1 Å². The van der Waals surface area contributed by atoms with Crippen molar-refractivity contribution in [1.82, 2.24) is 14.9 Å². The molecule has 0 bridgehead atoms. The monoisotopic (exact) mass is 585 g/mol. The Morgan fingerprint density at radius 2 is 1.90 bits per heavy atom. The van der Waals surface area contributed by atoms with Crippen LogP contribution in [0.3, 0.4) is 0 Å². The zero-order valence-corrected chi connectivity index (χ0v) is 23.4. The van der Waals surface area contributed by atoms with Crippen LogP contribution in [-0.4, -0.2) is 49.5 Å². The molecule has 4 aromatic rings. The van der Waals surface area contributed by atoms with E-state index in [9.17, 15) is 17.2 Å². The van der Waals surface area contributed by atoms with Gasteiger partial charge in [-0.25, -0.2) is 23.1 Å². The van der Waals surface area contributed by atoms with E-state index in [-0.39, 0.29) is 24.1 Å². The number of hydrogen-bond acceptors (Lipinski definition) is 8. The molecule has 1 saturated heterocycles. The van der Waals surface area contributed by atoms with Crippen LogP contribution in [0.1, 0.15) is 29.5 Å². The number of ether oxygens (including phenoxy) is 1. The van der Waals surface area contributed by atoms with Gasteiger partial charge in [-0.05, 0) is 35.7 Å². The largest absolute Gasteiger partial charge is 0.497 e. The number of hydrogen-bond donors (Lipinski definition) is 1. The van der Waals surface area contributed by atoms with Crippen molar-refractivity contribution in [3.05, 3.63) is 94.4 Å². The second-order valence-electron chi connectivity index (χ2n) is 9.47. The Hall–Kier alpha value is -3.61. The normalized spacial score (nSPS) is 15.8. The smallest absolute Gasteiger partial charge is 0.283 e. The zero-order chi connectivity index (χ0) is 28.1. The SMILES string of the molecule is COc1ccc(CN(c2cscn2)S(=O)(=O)c2cc(C(F)F)c(NC3CCN(Cc4ccccc4)C3)cn2)cc1. The number of benzene rings is 2. The number of halogens is 2. The van der Waals surface area contributed by atoms with Crippen LogP contribution >= 0.6 is 11.3 Å². The minimum absolute atomic E-state index is 0.0545. The lowest BCUT2D eigenvalue weighted by Gasteiger charge is -2.23. The zero-order valence-electron chi connectivity index (χ0n) is 21.8. The Labute approximate surface area is 236 Å². The molecule has 40 heavy (non-hydrogen) atoms. The third-order valence-corrected chi connectivity index (χ3v) is 8.96. The molecule has 8 nitrogen and oxygen atoms in total. The Kier molecular flexibility index (Phi) is 8.57. The molecule has 0 radical (unpaired) electrons. The summed E-state index contributed by atoms with van der Waals surface area (Å²) < 4.78 is 62.2. The van der Waals surface area contributed by atoms with Gasteiger partial charge in [0.2, 0.25) is 0 Å². The van der Waals surface area contributed by atoms with Gasteiger partial charge in [-0.2, -0.15) is 8.42 Å². The van der Waals surface area contributed by atoms with Gasteiger partial charge in [0.25, 0.3) is 16.4 Å². The van der Waals surface area contributed by atoms with E-state index in [4.69, 9.17) is 4.74 Å². The van der Waals surface area contributed by atoms with Crippen molar-refractivity contribution >= 4 is 32.9 Å². The van der Waals surface area contributed by atoms with Crippen LogP contribution in [0, 0.1) is 0 Å². The Morgan fingerprint density at radius 3 is 2.58 bits per heavy atom. The summed E-state index contributed by atoms with van der Waals surface area (Å²) >= 11 is 1.23. The van der Waals surface area contributed by atoms with Crippen LogP contribution in [0.4, 0.5) is 20.3 Å². The van der Waals surface area contributed by atoms with Crippen LogP contribution in [0.2, 0.25) is 0 Å². The predicted molar refractivity (Wildman–Crippen MR) is 151 cm³/mol. The number of nitrogens with one attached hydrogen (secondary N) is 1. The molecule has 0 spiro atoms. The minimum atomic E-state index is -4.32. The van der Waals surface area contributed by atoms with Crippen molar-refractivity contribution in [3.8, 4) is 5.75 Å². The van der Waals surface area contributed by atoms with Crippen LogP contribution in [0.25, 0.3) is 0 Å². The first-order chi connectivity index (χ1) is 19.3. The molecule has 0 amide bonds. The second-order valence-corrected chi connectivity index (χ2v) is 12.0. The second kappa shape index (κ2) is 12.3. The number of likely N-dealkylation sites (tertiary alicyclic amines) is 1. The van der Waals surface area contributed by atoms with Gasteiger partial charge in [-0.1, -0.05) is 42.5 Å². The molecule has 1 aliphatic rings. The molecule has 1 N–H and O–H groups in total. The molecular weight excluding hydrogens is 556 g/mol. The summed E-state index contributed by atoms with van der Waals surface area (Å²) in [7, 11) is -2.77. The number of methoxy groups -OCH3 is 1. The molecule has 2 aromatic carbocycles. The summed E-state index contributed by atoms with van der Waals surface area (Å²) in [6.45, 7) is 2.22. The topological polar surface area (TPSA) is 87.7 Å². The molecule has 1 atom stereocenters. The number of alkyl halides is 2. The van der Waals surface area contributed by atoms with Gasteiger partial charge in [-0.3, -0.25) is 4.90 Å². The van der Waals surface area contributed by atoms with Crippen molar-refractivity contribution in [3.63, 3.8) is 0 Å². The lowest BCUT2D eigenvalue weighted by atomic mass is 10.2. The van der Waals surface area contributed by atoms with E-state index in [1.54, 1.807) is 36.8 Å². The summed E-state index contributed by atoms with van der Waals surface area (Å²) in [5, 5.41) is 4.30. The molecular formula is C28H29F2N5O3S2. The van der Waals surface area contributed by atoms with Crippen molar-refractivity contribution in [2.24, 2.45) is 0 Å². The summed E-state index contributed by atoms with van der Waals surface area (Å²) in [5.74, 6) is 0.816. The number of pyridine rings is 1. The van der Waals surface area contributed by atoms with E-state index < -0.39 is 27.0 Å². The fourth-order valence-corrected chi connectivity index (χ4v) is 6.64. The maximum Gasteiger partial charge on any atom is 0.283 e. The first-order valence-corrected chi connectivity index (χ1v) is 15.1. The maximum atomic E-state index is 14.2. The van der Waals surface area contributed by atoms with Gasteiger partial charge in [0.15, 0.2) is 10.8 Å². The highest BCUT2D eigenvalue weighted by Crippen LogP contribution is 2.32. The van der Waals surface area contributed by atoms with Gasteiger partial charge >= 0.3 is 0 Å². The molecule has 2 aromatic heterocycles. The standard InChI is InChI=1S/C28H29F2N5O3S2/c1-38-23-9-7-21(8-10-23)16-35(26-18-39-19-32-26)40(36,37)27-13-24(28(29)30)25(14-31-27)33-22-11-12-34(17-22)15-20-5-3-2-4-6-20/h2-10,13-14,18-19,22,28,33H,11-12,15-17H2,1H3. The van der Waals surface area contributed by atoms with Crippen molar-refractivity contribution in [2.45, 2.75) is 37.0 Å². The highest BCUT2D eigenvalue weighted by atomic mass is 32.2. The number of rotatable bonds is 11. The van der Waals surface area contributed by atoms with Crippen LogP contribution < -0.4 is 14.4 Å². The third kappa shape index (κ3) is 6.40. The third-order valence-electron chi connectivity index (χ3n) is 6.74. The number of aromatic nitrogens is 2. The van der Waals surface area contributed by atoms with Gasteiger partial charge in [0, 0.05) is 36.6 Å². The average Bonchev–Trinajstić information content (AvgIpc) is 3.65. The van der Waals surface area contributed by atoms with E-state index in [0.29, 0.717) is 17.9 Å². The quantitative estimate of drug-likeness (QED) is 0.246. The van der Waals surface area contributed by atoms with Crippen molar-refractivity contribution in [1.29, 1.82) is 0 Å². The molecule has 0 saturated carbocycles. The van der Waals surface area contributed by atoms with Crippen LogP contribution in [0.15, 0.2) is 82.8 Å². The summed E-state index contributed by atoms with van der Waals surface area (Å²) in [5.41, 5.74) is 3.10. The molecule has 0 aliphatic carbocycles. The van der Waals surface area contributed by atoms with Gasteiger partial charge in [0.05, 0.1) is 31.0 Å². The summed E-state index contributed by atoms with van der Waals surface area (Å²) in [6.07, 6.45) is -0.925. The Balaban J connectivity index is 1.36. The van der Waals surface area contributed by atoms with Crippen molar-refractivity contribution < 1.29 is 21.9 Å². The number of thiazole rings is 1. The number of nitrogens with zero attached hydrogens (tertiary/aromatic N) is 4. The molecule has 3 heterocycles. The molecule has 5 rings (SSSR count). The summed E-state index contributed by atoms with van der Waals surface area (Å²) in [4.78, 5) is 10.6. The van der Waals surface area contributed by atoms with E-state index in [1.807, 2.05) is 18.2 Å². The first-order valence-electron chi connectivity index (χ1n) is 12.7. The lowest BCUT2D eigenvalue weighted by Crippen LogP contribution is -2.32. The van der Waals surface area contributed by atoms with E-state index >= 15 is 0 Å². The van der Waals surface area contributed by atoms with E-state index in [0.717, 1.165) is 29.9 Å². The molecule has 12 heteroatoms. The molecule has 1 fully saturated rings. The number of anilines is 2.